The van der Waals surface area contributed by atoms with Crippen molar-refractivity contribution in [1.29, 1.82) is 0 Å². The highest BCUT2D eigenvalue weighted by atomic mass is 32.2. The summed E-state index contributed by atoms with van der Waals surface area (Å²) < 4.78 is 32.3. The van der Waals surface area contributed by atoms with E-state index in [4.69, 9.17) is 4.74 Å². The van der Waals surface area contributed by atoms with E-state index in [1.54, 1.807) is 0 Å². The van der Waals surface area contributed by atoms with Crippen LogP contribution >= 0.6 is 0 Å². The summed E-state index contributed by atoms with van der Waals surface area (Å²) in [5.41, 5.74) is 2.44. The second kappa shape index (κ2) is 10.1. The number of carbonyl (C=O) groups excluding carboxylic acids is 1. The number of hydrogen-bond donors (Lipinski definition) is 2. The Morgan fingerprint density at radius 2 is 1.68 bits per heavy atom. The smallest absolute Gasteiger partial charge is 0.319 e. The van der Waals surface area contributed by atoms with E-state index < -0.39 is 16.1 Å². The molecule has 8 nitrogen and oxygen atoms in total. The number of nitrogens with one attached hydrogen (secondary N) is 2. The molecule has 2 aromatic rings. The van der Waals surface area contributed by atoms with Crippen molar-refractivity contribution in [3.05, 3.63) is 54.6 Å². The van der Waals surface area contributed by atoms with Gasteiger partial charge in [-0.3, -0.25) is 0 Å². The molecular weight excluding hydrogens is 416 g/mol. The van der Waals surface area contributed by atoms with E-state index in [9.17, 15) is 13.2 Å². The number of ether oxygens (including phenoxy) is 1. The number of morpholine rings is 1. The van der Waals surface area contributed by atoms with Crippen molar-refractivity contribution in [3.63, 3.8) is 0 Å². The maximum absolute atomic E-state index is 12.6. The molecule has 2 N–H and O–H groups in total. The lowest BCUT2D eigenvalue weighted by Gasteiger charge is -2.34. The van der Waals surface area contributed by atoms with E-state index in [0.717, 1.165) is 11.4 Å². The molecule has 0 unspecified atom stereocenters. The van der Waals surface area contributed by atoms with Crippen molar-refractivity contribution in [2.24, 2.45) is 0 Å². The van der Waals surface area contributed by atoms with Gasteiger partial charge >= 0.3 is 6.03 Å². The summed E-state index contributed by atoms with van der Waals surface area (Å²) in [4.78, 5) is 14.4. The van der Waals surface area contributed by atoms with Gasteiger partial charge in [0.25, 0.3) is 0 Å². The van der Waals surface area contributed by atoms with Gasteiger partial charge in [0, 0.05) is 32.4 Å². The molecule has 3 rings (SSSR count). The van der Waals surface area contributed by atoms with Crippen LogP contribution in [0, 0.1) is 0 Å². The molecule has 2 atom stereocenters. The normalized spacial score (nSPS) is 19.6. The van der Waals surface area contributed by atoms with Gasteiger partial charge in [0.1, 0.15) is 0 Å². The number of hydrogen-bond acceptors (Lipinski definition) is 5. The second-order valence-electron chi connectivity index (χ2n) is 7.68. The molecule has 2 aromatic carbocycles. The first-order chi connectivity index (χ1) is 14.8. The van der Waals surface area contributed by atoms with Gasteiger partial charge in [-0.1, -0.05) is 30.3 Å². The monoisotopic (exact) mass is 446 g/mol. The number of urea groups is 1. The van der Waals surface area contributed by atoms with Crippen LogP contribution in [0.5, 0.6) is 0 Å². The first kappa shape index (κ1) is 23.1. The first-order valence-corrected chi connectivity index (χ1v) is 11.9. The Kier molecular flexibility index (Phi) is 7.53. The van der Waals surface area contributed by atoms with Crippen LogP contribution in [0.2, 0.25) is 0 Å². The van der Waals surface area contributed by atoms with Gasteiger partial charge in [0.2, 0.25) is 10.0 Å². The summed E-state index contributed by atoms with van der Waals surface area (Å²) in [5, 5.41) is 5.47. The highest BCUT2D eigenvalue weighted by molar-refractivity contribution is 7.89. The Labute approximate surface area is 184 Å². The van der Waals surface area contributed by atoms with Gasteiger partial charge in [-0.25, -0.2) is 13.2 Å². The molecular formula is C22H30N4O4S. The molecule has 31 heavy (non-hydrogen) atoms. The van der Waals surface area contributed by atoms with Gasteiger partial charge in [-0.05, 0) is 38.1 Å². The molecule has 0 bridgehead atoms. The molecule has 168 valence electrons. The molecule has 1 aliphatic rings. The third-order valence-corrected chi connectivity index (χ3v) is 6.89. The van der Waals surface area contributed by atoms with E-state index in [1.807, 2.05) is 80.4 Å². The molecule has 1 aliphatic heterocycles. The summed E-state index contributed by atoms with van der Waals surface area (Å²) in [6, 6.07) is 16.8. The third-order valence-electron chi connectivity index (χ3n) is 5.08. The van der Waals surface area contributed by atoms with Crippen LogP contribution in [0.3, 0.4) is 0 Å². The van der Waals surface area contributed by atoms with Gasteiger partial charge in [0.15, 0.2) is 0 Å². The van der Waals surface area contributed by atoms with Crippen LogP contribution < -0.4 is 15.5 Å². The van der Waals surface area contributed by atoms with E-state index in [-0.39, 0.29) is 24.5 Å². The fourth-order valence-corrected chi connectivity index (χ4v) is 5.10. The molecule has 2 amide bonds. The summed E-state index contributed by atoms with van der Waals surface area (Å²) in [7, 11) is -1.55. The maximum Gasteiger partial charge on any atom is 0.319 e. The molecule has 1 heterocycles. The number of amides is 2. The fourth-order valence-electron chi connectivity index (χ4n) is 3.61. The molecule has 0 aromatic heterocycles. The Bertz CT molecular complexity index is 974. The molecule has 0 saturated carbocycles. The lowest BCUT2D eigenvalue weighted by Crippen LogP contribution is -2.49. The Balaban J connectivity index is 1.57. The first-order valence-electron chi connectivity index (χ1n) is 10.3. The standard InChI is InChI=1S/C22H30N4O4S/c1-17-15-26(16-18(2)30-17)31(28,29)14-13-23-22(27)24-20-11-7-8-12-21(20)25(3)19-9-5-4-6-10-19/h4-12,17-18H,13-16H2,1-3H3,(H2,23,24,27)/t17-,18-/m1/s1. The predicted molar refractivity (Wildman–Crippen MR) is 123 cm³/mol. The number of sulfonamides is 1. The van der Waals surface area contributed by atoms with Gasteiger partial charge in [0.05, 0.1) is 29.3 Å². The lowest BCUT2D eigenvalue weighted by atomic mass is 10.2. The highest BCUT2D eigenvalue weighted by Gasteiger charge is 2.30. The average molecular weight is 447 g/mol. The minimum Gasteiger partial charge on any atom is -0.373 e. The third kappa shape index (κ3) is 6.19. The van der Waals surface area contributed by atoms with Crippen molar-refractivity contribution in [2.75, 3.05) is 42.7 Å². The minimum absolute atomic E-state index is 0.0188. The topological polar surface area (TPSA) is 91.0 Å². The SMILES string of the molecule is C[C@@H]1CN(S(=O)(=O)CCNC(=O)Nc2ccccc2N(C)c2ccccc2)C[C@@H](C)O1. The Morgan fingerprint density at radius 1 is 1.06 bits per heavy atom. The summed E-state index contributed by atoms with van der Waals surface area (Å²) in [6.07, 6.45) is -0.291. The summed E-state index contributed by atoms with van der Waals surface area (Å²) in [5.74, 6) is -0.161. The van der Waals surface area contributed by atoms with Crippen LogP contribution in [0.15, 0.2) is 54.6 Å². The number of para-hydroxylation sites is 3. The highest BCUT2D eigenvalue weighted by Crippen LogP contribution is 2.30. The Morgan fingerprint density at radius 3 is 2.35 bits per heavy atom. The molecule has 0 aliphatic carbocycles. The summed E-state index contributed by atoms with van der Waals surface area (Å²) >= 11 is 0. The molecule has 0 spiro atoms. The summed E-state index contributed by atoms with van der Waals surface area (Å²) in [6.45, 7) is 4.39. The van der Waals surface area contributed by atoms with Crippen LogP contribution in [-0.2, 0) is 14.8 Å². The van der Waals surface area contributed by atoms with Crippen LogP contribution in [0.1, 0.15) is 13.8 Å². The zero-order chi connectivity index (χ0) is 22.4. The zero-order valence-electron chi connectivity index (χ0n) is 18.1. The van der Waals surface area contributed by atoms with Gasteiger partial charge in [-0.15, -0.1) is 0 Å². The van der Waals surface area contributed by atoms with E-state index >= 15 is 0 Å². The van der Waals surface area contributed by atoms with Crippen molar-refractivity contribution < 1.29 is 17.9 Å². The van der Waals surface area contributed by atoms with E-state index in [0.29, 0.717) is 18.8 Å². The predicted octanol–water partition coefficient (Wildman–Crippen LogP) is 3.02. The quantitative estimate of drug-likeness (QED) is 0.682. The van der Waals surface area contributed by atoms with E-state index in [1.165, 1.54) is 4.31 Å². The van der Waals surface area contributed by atoms with Crippen molar-refractivity contribution in [3.8, 4) is 0 Å². The number of rotatable bonds is 7. The van der Waals surface area contributed by atoms with Gasteiger partial charge in [-0.2, -0.15) is 4.31 Å². The average Bonchev–Trinajstić information content (AvgIpc) is 2.73. The Hall–Kier alpha value is -2.62. The molecule has 0 radical (unpaired) electrons. The zero-order valence-corrected chi connectivity index (χ0v) is 18.9. The molecule has 9 heteroatoms. The van der Waals surface area contributed by atoms with Crippen molar-refractivity contribution >= 4 is 33.1 Å². The van der Waals surface area contributed by atoms with Crippen molar-refractivity contribution in [2.45, 2.75) is 26.1 Å². The molecule has 1 saturated heterocycles. The largest absolute Gasteiger partial charge is 0.373 e. The van der Waals surface area contributed by atoms with Crippen LogP contribution in [-0.4, -0.2) is 63.4 Å². The molecule has 1 fully saturated rings. The fraction of sp³-hybridized carbons (Fsp3) is 0.409. The number of benzene rings is 2. The van der Waals surface area contributed by atoms with Crippen LogP contribution in [0.25, 0.3) is 0 Å². The van der Waals surface area contributed by atoms with Gasteiger partial charge < -0.3 is 20.3 Å². The minimum atomic E-state index is -3.47. The van der Waals surface area contributed by atoms with Crippen LogP contribution in [0.4, 0.5) is 21.9 Å². The number of carbonyl (C=O) groups is 1. The van der Waals surface area contributed by atoms with E-state index in [2.05, 4.69) is 10.6 Å². The number of anilines is 3. The maximum atomic E-state index is 12.6. The second-order valence-corrected chi connectivity index (χ2v) is 9.77. The van der Waals surface area contributed by atoms with Crippen molar-refractivity contribution in [1.82, 2.24) is 9.62 Å². The number of nitrogens with zero attached hydrogens (tertiary/aromatic N) is 2. The lowest BCUT2D eigenvalue weighted by molar-refractivity contribution is -0.0440.